The summed E-state index contributed by atoms with van der Waals surface area (Å²) in [6.07, 6.45) is 2.89. The molecule has 9 heteroatoms. The van der Waals surface area contributed by atoms with Gasteiger partial charge in [0.15, 0.2) is 0 Å². The van der Waals surface area contributed by atoms with Crippen molar-refractivity contribution >= 4 is 33.2 Å². The predicted octanol–water partition coefficient (Wildman–Crippen LogP) is 3.42. The molecule has 2 aromatic rings. The van der Waals surface area contributed by atoms with Crippen molar-refractivity contribution in [2.24, 2.45) is 5.92 Å². The van der Waals surface area contributed by atoms with E-state index in [1.54, 1.807) is 54.5 Å². The first-order valence-corrected chi connectivity index (χ1v) is 13.2. The molecule has 2 heterocycles. The van der Waals surface area contributed by atoms with Crippen molar-refractivity contribution in [1.29, 1.82) is 0 Å². The molecule has 34 heavy (non-hydrogen) atoms. The van der Waals surface area contributed by atoms with Crippen LogP contribution in [0, 0.1) is 5.92 Å². The predicted molar refractivity (Wildman–Crippen MR) is 131 cm³/mol. The minimum atomic E-state index is -3.67. The molecule has 0 atom stereocenters. The zero-order chi connectivity index (χ0) is 24.3. The molecule has 0 spiro atoms. The van der Waals surface area contributed by atoms with E-state index in [4.69, 9.17) is 4.74 Å². The Balaban J connectivity index is 1.42. The Bertz CT molecular complexity index is 1170. The lowest BCUT2D eigenvalue weighted by Gasteiger charge is -2.32. The molecule has 0 aromatic heterocycles. The van der Waals surface area contributed by atoms with Crippen LogP contribution in [0.4, 0.5) is 11.4 Å². The minimum Gasteiger partial charge on any atom is -0.497 e. The molecule has 0 aliphatic carbocycles. The smallest absolute Gasteiger partial charge is 0.243 e. The van der Waals surface area contributed by atoms with Crippen LogP contribution in [0.15, 0.2) is 47.4 Å². The number of nitrogens with zero attached hydrogens (tertiary/aromatic N) is 2. The quantitative estimate of drug-likeness (QED) is 0.676. The molecule has 4 rings (SSSR count). The second-order valence-corrected chi connectivity index (χ2v) is 10.6. The van der Waals surface area contributed by atoms with Gasteiger partial charge in [-0.25, -0.2) is 8.42 Å². The van der Waals surface area contributed by atoms with Crippen LogP contribution in [0.3, 0.4) is 0 Å². The van der Waals surface area contributed by atoms with Crippen LogP contribution in [-0.4, -0.2) is 51.3 Å². The number of sulfonamides is 1. The first-order chi connectivity index (χ1) is 16.3. The number of ether oxygens (including phenoxy) is 1. The summed E-state index contributed by atoms with van der Waals surface area (Å²) >= 11 is 0. The van der Waals surface area contributed by atoms with E-state index in [0.717, 1.165) is 24.1 Å². The number of anilines is 2. The molecule has 0 radical (unpaired) electrons. The number of rotatable bonds is 6. The first kappa shape index (κ1) is 24.2. The summed E-state index contributed by atoms with van der Waals surface area (Å²) in [5.74, 6) is 0.339. The molecule has 1 fully saturated rings. The number of nitrogens with one attached hydrogen (secondary N) is 1. The van der Waals surface area contributed by atoms with Gasteiger partial charge in [-0.1, -0.05) is 13.0 Å². The van der Waals surface area contributed by atoms with Gasteiger partial charge in [-0.15, -0.1) is 0 Å². The number of fused-ring (bicyclic) bond motifs is 1. The standard InChI is InChI=1S/C25H31N3O5S/c1-3-24(29)28-13-5-6-19-16-22(9-10-23(19)28)34(31,32)27-14-11-18(12-15-27)25(30)26-20-7-4-8-21(17-20)33-2/h4,7-10,16-18H,3,5-6,11-15H2,1-2H3,(H,26,30). The molecule has 1 saturated heterocycles. The van der Waals surface area contributed by atoms with Gasteiger partial charge in [0.1, 0.15) is 5.75 Å². The van der Waals surface area contributed by atoms with E-state index >= 15 is 0 Å². The molecule has 8 nitrogen and oxygen atoms in total. The highest BCUT2D eigenvalue weighted by Crippen LogP contribution is 2.32. The van der Waals surface area contributed by atoms with Crippen molar-refractivity contribution in [3.8, 4) is 5.75 Å². The van der Waals surface area contributed by atoms with Crippen LogP contribution >= 0.6 is 0 Å². The van der Waals surface area contributed by atoms with Crippen molar-refractivity contribution in [2.45, 2.75) is 43.9 Å². The van der Waals surface area contributed by atoms with Crippen LogP contribution in [0.2, 0.25) is 0 Å². The van der Waals surface area contributed by atoms with Gasteiger partial charge >= 0.3 is 0 Å². The van der Waals surface area contributed by atoms with E-state index in [1.807, 2.05) is 6.92 Å². The zero-order valence-corrected chi connectivity index (χ0v) is 20.4. The molecule has 2 aromatic carbocycles. The average molecular weight is 486 g/mol. The number of carbonyl (C=O) groups is 2. The third-order valence-electron chi connectivity index (χ3n) is 6.57. The van der Waals surface area contributed by atoms with Gasteiger partial charge in [0.25, 0.3) is 0 Å². The van der Waals surface area contributed by atoms with Gasteiger partial charge in [0.2, 0.25) is 21.8 Å². The summed E-state index contributed by atoms with van der Waals surface area (Å²) in [6.45, 7) is 3.07. The summed E-state index contributed by atoms with van der Waals surface area (Å²) < 4.78 is 33.3. The number of benzene rings is 2. The normalized spacial score (nSPS) is 17.2. The van der Waals surface area contributed by atoms with Gasteiger partial charge in [-0.05, 0) is 61.6 Å². The molecular weight excluding hydrogens is 454 g/mol. The van der Waals surface area contributed by atoms with Gasteiger partial charge < -0.3 is 15.0 Å². The van der Waals surface area contributed by atoms with Crippen LogP contribution in [0.1, 0.15) is 38.2 Å². The van der Waals surface area contributed by atoms with E-state index in [-0.39, 0.29) is 35.7 Å². The van der Waals surface area contributed by atoms with Crippen molar-refractivity contribution < 1.29 is 22.7 Å². The molecule has 1 N–H and O–H groups in total. The Morgan fingerprint density at radius 1 is 1.09 bits per heavy atom. The van der Waals surface area contributed by atoms with Crippen LogP contribution in [-0.2, 0) is 26.0 Å². The van der Waals surface area contributed by atoms with E-state index in [1.165, 1.54) is 4.31 Å². The van der Waals surface area contributed by atoms with E-state index in [2.05, 4.69) is 5.32 Å². The van der Waals surface area contributed by atoms with Crippen molar-refractivity contribution in [3.05, 3.63) is 48.0 Å². The fraction of sp³-hybridized carbons (Fsp3) is 0.440. The largest absolute Gasteiger partial charge is 0.497 e. The van der Waals surface area contributed by atoms with E-state index in [9.17, 15) is 18.0 Å². The number of hydrogen-bond acceptors (Lipinski definition) is 5. The summed E-state index contributed by atoms with van der Waals surface area (Å²) in [4.78, 5) is 27.0. The molecule has 2 amide bonds. The lowest BCUT2D eigenvalue weighted by Crippen LogP contribution is -2.41. The second kappa shape index (κ2) is 10.1. The highest BCUT2D eigenvalue weighted by atomic mass is 32.2. The summed E-state index contributed by atoms with van der Waals surface area (Å²) in [6, 6.07) is 12.2. The van der Waals surface area contributed by atoms with Crippen molar-refractivity contribution in [2.75, 3.05) is 37.0 Å². The Kier molecular flexibility index (Phi) is 7.23. The maximum absolute atomic E-state index is 13.3. The lowest BCUT2D eigenvalue weighted by atomic mass is 9.97. The maximum Gasteiger partial charge on any atom is 0.243 e. The van der Waals surface area contributed by atoms with Gasteiger partial charge in [0, 0.05) is 49.4 Å². The summed E-state index contributed by atoms with van der Waals surface area (Å²) in [5.41, 5.74) is 2.36. The molecule has 0 saturated carbocycles. The lowest BCUT2D eigenvalue weighted by molar-refractivity contribution is -0.121. The molecule has 2 aliphatic heterocycles. The number of piperidine rings is 1. The third kappa shape index (κ3) is 4.95. The number of hydrogen-bond donors (Lipinski definition) is 1. The molecule has 182 valence electrons. The fourth-order valence-electron chi connectivity index (χ4n) is 4.64. The highest BCUT2D eigenvalue weighted by molar-refractivity contribution is 7.89. The number of carbonyl (C=O) groups excluding carboxylic acids is 2. The zero-order valence-electron chi connectivity index (χ0n) is 19.6. The van der Waals surface area contributed by atoms with Gasteiger partial charge in [0.05, 0.1) is 12.0 Å². The third-order valence-corrected chi connectivity index (χ3v) is 8.47. The van der Waals surface area contributed by atoms with Crippen molar-refractivity contribution in [3.63, 3.8) is 0 Å². The molecule has 0 unspecified atom stereocenters. The molecular formula is C25H31N3O5S. The SMILES string of the molecule is CCC(=O)N1CCCc2cc(S(=O)(=O)N3CCC(C(=O)Nc4cccc(OC)c4)CC3)ccc21. The van der Waals surface area contributed by atoms with E-state index < -0.39 is 10.0 Å². The van der Waals surface area contributed by atoms with Crippen LogP contribution < -0.4 is 15.0 Å². The first-order valence-electron chi connectivity index (χ1n) is 11.7. The maximum atomic E-state index is 13.3. The summed E-state index contributed by atoms with van der Waals surface area (Å²) in [5, 5.41) is 2.90. The van der Waals surface area contributed by atoms with Gasteiger partial charge in [-0.3, -0.25) is 9.59 Å². The number of aryl methyl sites for hydroxylation is 1. The van der Waals surface area contributed by atoms with Gasteiger partial charge in [-0.2, -0.15) is 4.31 Å². The Morgan fingerprint density at radius 3 is 2.56 bits per heavy atom. The minimum absolute atomic E-state index is 0.0471. The number of methoxy groups -OCH3 is 1. The average Bonchev–Trinajstić information content (AvgIpc) is 2.87. The topological polar surface area (TPSA) is 96.0 Å². The monoisotopic (exact) mass is 485 g/mol. The molecule has 2 aliphatic rings. The van der Waals surface area contributed by atoms with Crippen LogP contribution in [0.5, 0.6) is 5.75 Å². The molecule has 0 bridgehead atoms. The number of amides is 2. The van der Waals surface area contributed by atoms with E-state index in [0.29, 0.717) is 37.2 Å². The summed E-state index contributed by atoms with van der Waals surface area (Å²) in [7, 11) is -2.10. The van der Waals surface area contributed by atoms with Crippen molar-refractivity contribution in [1.82, 2.24) is 4.31 Å². The Labute approximate surface area is 200 Å². The highest BCUT2D eigenvalue weighted by Gasteiger charge is 2.33. The second-order valence-electron chi connectivity index (χ2n) is 8.69. The fourth-order valence-corrected chi connectivity index (χ4v) is 6.16. The Hall–Kier alpha value is -2.91. The van der Waals surface area contributed by atoms with Crippen LogP contribution in [0.25, 0.3) is 0 Å². The Morgan fingerprint density at radius 2 is 1.85 bits per heavy atom.